The van der Waals surface area contributed by atoms with Crippen molar-refractivity contribution >= 4 is 29.8 Å². The molecule has 0 radical (unpaired) electrons. The Morgan fingerprint density at radius 1 is 0.692 bits per heavy atom. The molecule has 2 aromatic rings. The zero-order valence-corrected chi connectivity index (χ0v) is 15.7. The van der Waals surface area contributed by atoms with Crippen molar-refractivity contribution in [3.8, 4) is 16.9 Å². The van der Waals surface area contributed by atoms with Gasteiger partial charge in [0.2, 0.25) is 0 Å². The third-order valence-corrected chi connectivity index (χ3v) is 6.25. The van der Waals surface area contributed by atoms with Gasteiger partial charge < -0.3 is 0 Å². The van der Waals surface area contributed by atoms with Gasteiger partial charge in [-0.05, 0) is 0 Å². The summed E-state index contributed by atoms with van der Waals surface area (Å²) in [4.78, 5) is 12.5. The molecule has 2 aliphatic rings. The summed E-state index contributed by atoms with van der Waals surface area (Å²) in [6.45, 7) is 0. The molecule has 0 unspecified atom stereocenters. The van der Waals surface area contributed by atoms with Gasteiger partial charge in [0.15, 0.2) is 0 Å². The summed E-state index contributed by atoms with van der Waals surface area (Å²) in [7, 11) is 0. The molecule has 2 aliphatic carbocycles. The molecular weight excluding hydrogens is 387 g/mol. The molecule has 0 bridgehead atoms. The van der Waals surface area contributed by atoms with Crippen LogP contribution >= 0.6 is 0 Å². The zero-order valence-electron chi connectivity index (χ0n) is 14.0. The molecular formula is C23H16O2Se. The van der Waals surface area contributed by atoms with E-state index in [2.05, 4.69) is 30.3 Å². The second-order valence-corrected chi connectivity index (χ2v) is 8.12. The van der Waals surface area contributed by atoms with Crippen molar-refractivity contribution in [3.05, 3.63) is 103 Å². The molecule has 0 aromatic heterocycles. The molecule has 0 fully saturated rings. The van der Waals surface area contributed by atoms with Crippen molar-refractivity contribution in [2.24, 2.45) is 0 Å². The van der Waals surface area contributed by atoms with Crippen LogP contribution in [0, 0.1) is 0 Å². The molecule has 0 heterocycles. The standard InChI is InChI=1S/C23H16O2Se/c24-23(17-10-4-1-5-11-17)25-21-16-22(26-18-12-6-2-7-13-18)20-15-9-3-8-14-19(20)21/h1-16H. The molecule has 126 valence electrons. The quantitative estimate of drug-likeness (QED) is 0.384. The van der Waals surface area contributed by atoms with E-state index in [1.165, 1.54) is 8.92 Å². The fraction of sp³-hybridized carbons (Fsp3) is 0. The van der Waals surface area contributed by atoms with Crippen LogP contribution in [0.5, 0.6) is 5.75 Å². The Morgan fingerprint density at radius 3 is 1.96 bits per heavy atom. The minimum absolute atomic E-state index is 0.144. The predicted octanol–water partition coefficient (Wildman–Crippen LogP) is 3.67. The molecule has 0 atom stereocenters. The van der Waals surface area contributed by atoms with E-state index in [4.69, 9.17) is 4.74 Å². The van der Waals surface area contributed by atoms with Crippen LogP contribution in [0.15, 0.2) is 97.1 Å². The predicted molar refractivity (Wildman–Crippen MR) is 106 cm³/mol. The molecule has 2 nitrogen and oxygen atoms in total. The van der Waals surface area contributed by atoms with Gasteiger partial charge in [-0.3, -0.25) is 0 Å². The first-order valence-electron chi connectivity index (χ1n) is 8.33. The monoisotopic (exact) mass is 404 g/mol. The molecule has 0 N–H and O–H groups in total. The number of hydrogen-bond acceptors (Lipinski definition) is 2. The van der Waals surface area contributed by atoms with Gasteiger partial charge in [0, 0.05) is 0 Å². The number of fused-ring (bicyclic) bond motifs is 1. The van der Waals surface area contributed by atoms with Gasteiger partial charge in [0.25, 0.3) is 0 Å². The van der Waals surface area contributed by atoms with E-state index >= 15 is 0 Å². The van der Waals surface area contributed by atoms with Gasteiger partial charge in [-0.2, -0.15) is 0 Å². The minimum atomic E-state index is -0.331. The van der Waals surface area contributed by atoms with Crippen LogP contribution in [-0.2, 0) is 0 Å². The first-order valence-corrected chi connectivity index (χ1v) is 10.0. The molecule has 26 heavy (non-hydrogen) atoms. The molecule has 3 heteroatoms. The van der Waals surface area contributed by atoms with E-state index in [0.29, 0.717) is 11.3 Å². The molecule has 0 saturated carbocycles. The van der Waals surface area contributed by atoms with Crippen molar-refractivity contribution in [3.63, 3.8) is 0 Å². The van der Waals surface area contributed by atoms with Crippen molar-refractivity contribution < 1.29 is 9.53 Å². The van der Waals surface area contributed by atoms with Crippen molar-refractivity contribution in [2.75, 3.05) is 0 Å². The van der Waals surface area contributed by atoms with E-state index in [-0.39, 0.29) is 20.9 Å². The van der Waals surface area contributed by atoms with Crippen LogP contribution in [0.1, 0.15) is 10.4 Å². The van der Waals surface area contributed by atoms with E-state index in [1.54, 1.807) is 12.1 Å². The Balaban J connectivity index is 1.70. The van der Waals surface area contributed by atoms with Crippen LogP contribution in [0.4, 0.5) is 0 Å². The Hall–Kier alpha value is -2.87. The Labute approximate surface area is 159 Å². The Morgan fingerprint density at radius 2 is 1.27 bits per heavy atom. The maximum absolute atomic E-state index is 12.5. The average Bonchev–Trinajstić information content (AvgIpc) is 2.86. The number of benzene rings is 2. The third-order valence-electron chi connectivity index (χ3n) is 4.01. The molecule has 2 aromatic carbocycles. The maximum atomic E-state index is 12.5. The average molecular weight is 403 g/mol. The Kier molecular flexibility index (Phi) is 4.83. The summed E-state index contributed by atoms with van der Waals surface area (Å²) in [5.74, 6) is 0.292. The number of carbonyl (C=O) groups excluding carboxylic acids is 1. The summed E-state index contributed by atoms with van der Waals surface area (Å²) >= 11 is 0.144. The molecule has 0 aliphatic heterocycles. The van der Waals surface area contributed by atoms with Gasteiger partial charge in [-0.1, -0.05) is 0 Å². The summed E-state index contributed by atoms with van der Waals surface area (Å²) in [5.41, 5.74) is 2.65. The topological polar surface area (TPSA) is 26.3 Å². The number of hydrogen-bond donors (Lipinski definition) is 0. The van der Waals surface area contributed by atoms with Crippen LogP contribution in [-0.4, -0.2) is 20.9 Å². The fourth-order valence-corrected chi connectivity index (χ4v) is 4.87. The van der Waals surface area contributed by atoms with Gasteiger partial charge in [-0.15, -0.1) is 0 Å². The van der Waals surface area contributed by atoms with Crippen LogP contribution in [0.2, 0.25) is 0 Å². The van der Waals surface area contributed by atoms with Crippen molar-refractivity contribution in [2.45, 2.75) is 0 Å². The summed E-state index contributed by atoms with van der Waals surface area (Å²) in [6.07, 6.45) is 0. The SMILES string of the molecule is O=C(Oc1cc([Se]c2ccccc2)c2cccccc1-2)c1ccccc1. The fourth-order valence-electron chi connectivity index (χ4n) is 2.77. The second-order valence-electron chi connectivity index (χ2n) is 5.78. The number of ether oxygens (including phenoxy) is 1. The zero-order chi connectivity index (χ0) is 17.8. The molecule has 0 spiro atoms. The Bertz CT molecular complexity index is 997. The van der Waals surface area contributed by atoms with Gasteiger partial charge in [0.05, 0.1) is 0 Å². The van der Waals surface area contributed by atoms with Crippen LogP contribution < -0.4 is 13.7 Å². The number of esters is 1. The number of rotatable bonds is 4. The van der Waals surface area contributed by atoms with Crippen molar-refractivity contribution in [1.82, 2.24) is 0 Å². The first kappa shape index (κ1) is 16.6. The third kappa shape index (κ3) is 3.55. The van der Waals surface area contributed by atoms with Crippen LogP contribution in [0.3, 0.4) is 0 Å². The summed E-state index contributed by atoms with van der Waals surface area (Å²) in [6, 6.07) is 31.6. The van der Waals surface area contributed by atoms with Gasteiger partial charge in [0.1, 0.15) is 0 Å². The number of carbonyl (C=O) groups is 1. The van der Waals surface area contributed by atoms with Gasteiger partial charge in [-0.25, -0.2) is 0 Å². The summed E-state index contributed by atoms with van der Waals surface area (Å²) in [5, 5.41) is 0. The normalized spacial score (nSPS) is 10.6. The molecule has 0 saturated heterocycles. The van der Waals surface area contributed by atoms with Crippen LogP contribution in [0.25, 0.3) is 11.1 Å². The second kappa shape index (κ2) is 7.57. The first-order chi connectivity index (χ1) is 12.8. The van der Waals surface area contributed by atoms with E-state index in [0.717, 1.165) is 11.1 Å². The molecule has 4 rings (SSSR count). The van der Waals surface area contributed by atoms with E-state index < -0.39 is 0 Å². The van der Waals surface area contributed by atoms with E-state index in [1.807, 2.05) is 54.6 Å². The van der Waals surface area contributed by atoms with Crippen molar-refractivity contribution in [1.29, 1.82) is 0 Å². The van der Waals surface area contributed by atoms with E-state index in [9.17, 15) is 4.79 Å². The summed E-state index contributed by atoms with van der Waals surface area (Å²) < 4.78 is 8.25. The van der Waals surface area contributed by atoms with Gasteiger partial charge >= 0.3 is 159 Å². The molecule has 0 amide bonds.